The largest absolute Gasteiger partial charge is 0.493 e. The van der Waals surface area contributed by atoms with E-state index in [0.29, 0.717) is 44.3 Å². The molecule has 46 heavy (non-hydrogen) atoms. The van der Waals surface area contributed by atoms with Gasteiger partial charge in [-0.1, -0.05) is 53.3 Å². The fourth-order valence-corrected chi connectivity index (χ4v) is 6.90. The summed E-state index contributed by atoms with van der Waals surface area (Å²) >= 11 is 3.44. The van der Waals surface area contributed by atoms with E-state index in [-0.39, 0.29) is 24.7 Å². The third kappa shape index (κ3) is 6.95. The standard InChI is InChI=1S/C35H33IN2O7S/c1-6-43-33(40)25-14-10-22(11-15-25)19-45-31-26(36)16-23(17-27(31)42-5)18-28-32(39)38-30(24-12-8-20(3)9-13-24)29(34(41)44-7-2)21(4)37-35(38)46-28/h8-18,30H,6-7,19H2,1-5H3/b28-18-/t30-/m1/s1. The lowest BCUT2D eigenvalue weighted by Gasteiger charge is -2.24. The Labute approximate surface area is 283 Å². The summed E-state index contributed by atoms with van der Waals surface area (Å²) in [7, 11) is 1.56. The quantitative estimate of drug-likeness (QED) is 0.156. The molecule has 0 bridgehead atoms. The monoisotopic (exact) mass is 752 g/mol. The van der Waals surface area contributed by atoms with Crippen molar-refractivity contribution in [3.63, 3.8) is 0 Å². The second kappa shape index (κ2) is 14.5. The molecule has 0 saturated carbocycles. The maximum absolute atomic E-state index is 14.0. The van der Waals surface area contributed by atoms with Gasteiger partial charge in [-0.2, -0.15) is 0 Å². The molecule has 1 atom stereocenters. The van der Waals surface area contributed by atoms with E-state index in [1.165, 1.54) is 11.3 Å². The molecule has 238 valence electrons. The normalized spacial score (nSPS) is 14.4. The Hall–Kier alpha value is -4.23. The number of aryl methyl sites for hydroxylation is 1. The Balaban J connectivity index is 1.49. The Morgan fingerprint density at radius 1 is 0.978 bits per heavy atom. The molecule has 11 heteroatoms. The van der Waals surface area contributed by atoms with Gasteiger partial charge in [0, 0.05) is 0 Å². The highest BCUT2D eigenvalue weighted by Gasteiger charge is 2.33. The van der Waals surface area contributed by atoms with Crippen LogP contribution in [0.4, 0.5) is 0 Å². The van der Waals surface area contributed by atoms with Gasteiger partial charge in [0.15, 0.2) is 16.3 Å². The van der Waals surface area contributed by atoms with E-state index in [4.69, 9.17) is 18.9 Å². The molecule has 0 N–H and O–H groups in total. The number of nitrogens with zero attached hydrogens (tertiary/aromatic N) is 2. The van der Waals surface area contributed by atoms with Crippen molar-refractivity contribution >= 4 is 51.9 Å². The summed E-state index contributed by atoms with van der Waals surface area (Å²) in [6.07, 6.45) is 1.79. The van der Waals surface area contributed by atoms with Crippen LogP contribution in [-0.2, 0) is 20.9 Å². The van der Waals surface area contributed by atoms with Crippen LogP contribution < -0.4 is 24.4 Å². The first-order chi connectivity index (χ1) is 22.1. The molecular weight excluding hydrogens is 719 g/mol. The maximum Gasteiger partial charge on any atom is 0.338 e. The maximum atomic E-state index is 14.0. The number of aromatic nitrogens is 1. The summed E-state index contributed by atoms with van der Waals surface area (Å²) in [5.74, 6) is 0.208. The molecule has 2 heterocycles. The van der Waals surface area contributed by atoms with Crippen LogP contribution >= 0.6 is 33.9 Å². The number of ether oxygens (including phenoxy) is 4. The molecule has 0 fully saturated rings. The average Bonchev–Trinajstić information content (AvgIpc) is 3.34. The van der Waals surface area contributed by atoms with Crippen LogP contribution in [0.3, 0.4) is 0 Å². The zero-order valence-corrected chi connectivity index (χ0v) is 29.1. The zero-order valence-electron chi connectivity index (χ0n) is 26.1. The molecule has 0 aliphatic carbocycles. The minimum Gasteiger partial charge on any atom is -0.493 e. The molecule has 3 aromatic carbocycles. The first-order valence-electron chi connectivity index (χ1n) is 14.7. The Morgan fingerprint density at radius 2 is 1.65 bits per heavy atom. The molecule has 1 aliphatic heterocycles. The van der Waals surface area contributed by atoms with E-state index in [2.05, 4.69) is 27.6 Å². The molecule has 5 rings (SSSR count). The second-order valence-corrected chi connectivity index (χ2v) is 12.6. The van der Waals surface area contributed by atoms with Crippen molar-refractivity contribution in [1.82, 2.24) is 4.57 Å². The van der Waals surface area contributed by atoms with Crippen molar-refractivity contribution < 1.29 is 28.5 Å². The lowest BCUT2D eigenvalue weighted by Crippen LogP contribution is -2.39. The first kappa shape index (κ1) is 33.1. The predicted molar refractivity (Wildman–Crippen MR) is 184 cm³/mol. The number of carbonyl (C=O) groups excluding carboxylic acids is 2. The van der Waals surface area contributed by atoms with Crippen LogP contribution in [0.25, 0.3) is 6.08 Å². The van der Waals surface area contributed by atoms with Crippen molar-refractivity contribution in [1.29, 1.82) is 0 Å². The second-order valence-electron chi connectivity index (χ2n) is 10.5. The minimum atomic E-state index is -0.671. The molecule has 0 radical (unpaired) electrons. The van der Waals surface area contributed by atoms with Crippen LogP contribution in [-0.4, -0.2) is 36.8 Å². The molecule has 9 nitrogen and oxygen atoms in total. The van der Waals surface area contributed by atoms with E-state index >= 15 is 0 Å². The summed E-state index contributed by atoms with van der Waals surface area (Å²) in [6, 6.07) is 17.9. The van der Waals surface area contributed by atoms with Crippen molar-refractivity contribution in [3.8, 4) is 11.5 Å². The fraction of sp³-hybridized carbons (Fsp3) is 0.257. The van der Waals surface area contributed by atoms with Gasteiger partial charge >= 0.3 is 11.9 Å². The van der Waals surface area contributed by atoms with E-state index in [1.807, 2.05) is 55.5 Å². The Morgan fingerprint density at radius 3 is 2.30 bits per heavy atom. The fourth-order valence-electron chi connectivity index (χ4n) is 5.08. The summed E-state index contributed by atoms with van der Waals surface area (Å²) in [6.45, 7) is 8.06. The van der Waals surface area contributed by atoms with Crippen LogP contribution in [0.15, 0.2) is 81.7 Å². The van der Waals surface area contributed by atoms with Gasteiger partial charge in [-0.15, -0.1) is 0 Å². The number of hydrogen-bond acceptors (Lipinski definition) is 9. The van der Waals surface area contributed by atoms with Crippen LogP contribution in [0, 0.1) is 10.5 Å². The molecule has 0 spiro atoms. The van der Waals surface area contributed by atoms with Gasteiger partial charge < -0.3 is 18.9 Å². The number of carbonyl (C=O) groups is 2. The van der Waals surface area contributed by atoms with Crippen molar-refractivity contribution in [2.45, 2.75) is 40.3 Å². The number of fused-ring (bicyclic) bond motifs is 1. The summed E-state index contributed by atoms with van der Waals surface area (Å²) < 4.78 is 25.1. The van der Waals surface area contributed by atoms with Gasteiger partial charge in [-0.05, 0) is 97.3 Å². The number of esters is 2. The minimum absolute atomic E-state index is 0.211. The van der Waals surface area contributed by atoms with Crippen molar-refractivity contribution in [2.24, 2.45) is 4.99 Å². The SMILES string of the molecule is CCOC(=O)C1=C(C)N=c2s/c(=C\c3cc(I)c(OCc4ccc(C(=O)OCC)cc4)c(OC)c3)c(=O)n2[C@@H]1c1ccc(C)cc1. The van der Waals surface area contributed by atoms with Crippen LogP contribution in [0.1, 0.15) is 59.4 Å². The van der Waals surface area contributed by atoms with Crippen molar-refractivity contribution in [2.75, 3.05) is 20.3 Å². The third-order valence-electron chi connectivity index (χ3n) is 7.31. The number of methoxy groups -OCH3 is 1. The van der Waals surface area contributed by atoms with Crippen LogP contribution in [0.2, 0.25) is 0 Å². The number of halogens is 1. The number of allylic oxidation sites excluding steroid dienone is 1. The van der Waals surface area contributed by atoms with Crippen molar-refractivity contribution in [3.05, 3.63) is 123 Å². The van der Waals surface area contributed by atoms with E-state index < -0.39 is 12.0 Å². The lowest BCUT2D eigenvalue weighted by atomic mass is 9.95. The van der Waals surface area contributed by atoms with Gasteiger partial charge in [-0.3, -0.25) is 9.36 Å². The van der Waals surface area contributed by atoms with Gasteiger partial charge in [0.1, 0.15) is 6.61 Å². The highest BCUT2D eigenvalue weighted by atomic mass is 127. The number of hydrogen-bond donors (Lipinski definition) is 0. The smallest absolute Gasteiger partial charge is 0.338 e. The number of benzene rings is 3. The molecule has 0 saturated heterocycles. The van der Waals surface area contributed by atoms with E-state index in [1.54, 1.807) is 50.7 Å². The Kier molecular flexibility index (Phi) is 10.4. The molecule has 0 unspecified atom stereocenters. The Bertz CT molecular complexity index is 1990. The summed E-state index contributed by atoms with van der Waals surface area (Å²) in [5.41, 5.74) is 4.56. The molecule has 4 aromatic rings. The topological polar surface area (TPSA) is 105 Å². The highest BCUT2D eigenvalue weighted by Crippen LogP contribution is 2.35. The summed E-state index contributed by atoms with van der Waals surface area (Å²) in [5, 5.41) is 0. The average molecular weight is 753 g/mol. The molecular formula is C35H33IN2O7S. The van der Waals surface area contributed by atoms with Gasteiger partial charge in [0.25, 0.3) is 5.56 Å². The van der Waals surface area contributed by atoms with Gasteiger partial charge in [0.2, 0.25) is 0 Å². The predicted octanol–water partition coefficient (Wildman–Crippen LogP) is 5.48. The lowest BCUT2D eigenvalue weighted by molar-refractivity contribution is -0.139. The van der Waals surface area contributed by atoms with E-state index in [0.717, 1.165) is 25.8 Å². The zero-order chi connectivity index (χ0) is 33.0. The van der Waals surface area contributed by atoms with E-state index in [9.17, 15) is 14.4 Å². The van der Waals surface area contributed by atoms with Gasteiger partial charge in [-0.25, -0.2) is 14.6 Å². The number of thiazole rings is 1. The highest BCUT2D eigenvalue weighted by molar-refractivity contribution is 14.1. The first-order valence-corrected chi connectivity index (χ1v) is 16.6. The number of rotatable bonds is 10. The third-order valence-corrected chi connectivity index (χ3v) is 9.09. The molecule has 0 amide bonds. The summed E-state index contributed by atoms with van der Waals surface area (Å²) in [4.78, 5) is 44.2. The van der Waals surface area contributed by atoms with Crippen LogP contribution in [0.5, 0.6) is 11.5 Å². The van der Waals surface area contributed by atoms with Gasteiger partial charge in [0.05, 0.1) is 51.3 Å². The molecule has 1 aliphatic rings. The molecule has 1 aromatic heterocycles.